The summed E-state index contributed by atoms with van der Waals surface area (Å²) in [5.41, 5.74) is 10.8. The maximum atomic E-state index is 11.3. The van der Waals surface area contributed by atoms with Gasteiger partial charge in [0.15, 0.2) is 5.66 Å². The predicted octanol–water partition coefficient (Wildman–Crippen LogP) is -0.674. The molecule has 0 fully saturated rings. The molecule has 4 N–H and O–H groups in total. The summed E-state index contributed by atoms with van der Waals surface area (Å²) in [7, 11) is 3.43. The van der Waals surface area contributed by atoms with Crippen molar-refractivity contribution in [3.05, 3.63) is 30.1 Å². The van der Waals surface area contributed by atoms with Crippen molar-refractivity contribution < 1.29 is 4.79 Å². The second kappa shape index (κ2) is 4.37. The third-order valence-corrected chi connectivity index (χ3v) is 2.40. The highest BCUT2D eigenvalue weighted by Crippen LogP contribution is 2.10. The standard InChI is InChI=1S/C10H16N4O/c1-14(2)10(12,9(11)15)7-8-5-3-4-6-13-8/h3-6H,7,12H2,1-2H3,(H2,11,15)/t10-/m0/s1. The number of rotatable bonds is 4. The summed E-state index contributed by atoms with van der Waals surface area (Å²) in [6.07, 6.45) is 1.96. The van der Waals surface area contributed by atoms with Crippen LogP contribution in [0.4, 0.5) is 0 Å². The first kappa shape index (κ1) is 11.6. The molecule has 0 aliphatic carbocycles. The molecule has 0 unspecified atom stereocenters. The van der Waals surface area contributed by atoms with E-state index >= 15 is 0 Å². The van der Waals surface area contributed by atoms with Gasteiger partial charge in [-0.2, -0.15) is 0 Å². The summed E-state index contributed by atoms with van der Waals surface area (Å²) < 4.78 is 0. The van der Waals surface area contributed by atoms with Crippen LogP contribution in [0.2, 0.25) is 0 Å². The molecule has 5 heteroatoms. The highest BCUT2D eigenvalue weighted by atomic mass is 16.2. The minimum Gasteiger partial charge on any atom is -0.367 e. The van der Waals surface area contributed by atoms with Crippen LogP contribution < -0.4 is 11.5 Å². The number of carbonyl (C=O) groups is 1. The Morgan fingerprint density at radius 3 is 2.60 bits per heavy atom. The SMILES string of the molecule is CN(C)[C@@](N)(Cc1ccccn1)C(N)=O. The van der Waals surface area contributed by atoms with Crippen LogP contribution in [-0.2, 0) is 11.2 Å². The van der Waals surface area contributed by atoms with E-state index < -0.39 is 11.6 Å². The van der Waals surface area contributed by atoms with Crippen LogP contribution in [0.15, 0.2) is 24.4 Å². The second-order valence-electron chi connectivity index (χ2n) is 3.68. The lowest BCUT2D eigenvalue weighted by atomic mass is 10.0. The molecule has 1 aromatic heterocycles. The number of amides is 1. The molecular formula is C10H16N4O. The molecule has 0 radical (unpaired) electrons. The molecule has 1 aromatic rings. The van der Waals surface area contributed by atoms with E-state index in [0.29, 0.717) is 6.42 Å². The zero-order chi connectivity index (χ0) is 11.5. The highest BCUT2D eigenvalue weighted by molar-refractivity contribution is 5.84. The first-order valence-corrected chi connectivity index (χ1v) is 4.63. The summed E-state index contributed by atoms with van der Waals surface area (Å²) in [6, 6.07) is 5.47. The van der Waals surface area contributed by atoms with Crippen LogP contribution in [0.25, 0.3) is 0 Å². The Labute approximate surface area is 89.1 Å². The Morgan fingerprint density at radius 2 is 2.20 bits per heavy atom. The Kier molecular flexibility index (Phi) is 3.39. The fourth-order valence-corrected chi connectivity index (χ4v) is 1.24. The Balaban J connectivity index is 2.90. The average Bonchev–Trinajstić information content (AvgIpc) is 2.18. The zero-order valence-electron chi connectivity index (χ0n) is 8.97. The van der Waals surface area contributed by atoms with E-state index in [0.717, 1.165) is 5.69 Å². The molecule has 82 valence electrons. The van der Waals surface area contributed by atoms with E-state index in [2.05, 4.69) is 4.98 Å². The van der Waals surface area contributed by atoms with Crippen LogP contribution in [0.3, 0.4) is 0 Å². The molecular weight excluding hydrogens is 192 g/mol. The molecule has 1 heterocycles. The van der Waals surface area contributed by atoms with Gasteiger partial charge in [0.2, 0.25) is 0 Å². The lowest BCUT2D eigenvalue weighted by Crippen LogP contribution is -2.63. The second-order valence-corrected chi connectivity index (χ2v) is 3.68. The Morgan fingerprint density at radius 1 is 1.53 bits per heavy atom. The van der Waals surface area contributed by atoms with E-state index in [1.54, 1.807) is 25.2 Å². The molecule has 0 aromatic carbocycles. The molecule has 15 heavy (non-hydrogen) atoms. The molecule has 1 amide bonds. The predicted molar refractivity (Wildman–Crippen MR) is 57.7 cm³/mol. The van der Waals surface area contributed by atoms with Gasteiger partial charge in [-0.15, -0.1) is 0 Å². The van der Waals surface area contributed by atoms with E-state index in [4.69, 9.17) is 11.5 Å². The topological polar surface area (TPSA) is 85.2 Å². The smallest absolute Gasteiger partial charge is 0.252 e. The zero-order valence-corrected chi connectivity index (χ0v) is 8.97. The molecule has 1 atom stereocenters. The number of hydrogen-bond donors (Lipinski definition) is 2. The number of nitrogens with two attached hydrogens (primary N) is 2. The fraction of sp³-hybridized carbons (Fsp3) is 0.400. The number of primary amides is 1. The first-order valence-electron chi connectivity index (χ1n) is 4.63. The third kappa shape index (κ3) is 2.51. The van der Waals surface area contributed by atoms with Gasteiger partial charge < -0.3 is 11.5 Å². The van der Waals surface area contributed by atoms with Crippen LogP contribution >= 0.6 is 0 Å². The van der Waals surface area contributed by atoms with Crippen molar-refractivity contribution >= 4 is 5.91 Å². The van der Waals surface area contributed by atoms with E-state index in [1.807, 2.05) is 18.2 Å². The number of nitrogens with zero attached hydrogens (tertiary/aromatic N) is 2. The van der Waals surface area contributed by atoms with Gasteiger partial charge in [0, 0.05) is 18.3 Å². The van der Waals surface area contributed by atoms with Gasteiger partial charge in [0.05, 0.1) is 0 Å². The summed E-state index contributed by atoms with van der Waals surface area (Å²) in [4.78, 5) is 17.0. The van der Waals surface area contributed by atoms with Gasteiger partial charge in [0.1, 0.15) is 0 Å². The number of carbonyl (C=O) groups excluding carboxylic acids is 1. The summed E-state index contributed by atoms with van der Waals surface area (Å²) >= 11 is 0. The summed E-state index contributed by atoms with van der Waals surface area (Å²) in [5, 5.41) is 0. The lowest BCUT2D eigenvalue weighted by molar-refractivity contribution is -0.128. The molecule has 0 aliphatic heterocycles. The number of likely N-dealkylation sites (N-methyl/N-ethyl adjacent to an activating group) is 1. The van der Waals surface area contributed by atoms with Crippen molar-refractivity contribution in [2.24, 2.45) is 11.5 Å². The number of hydrogen-bond acceptors (Lipinski definition) is 4. The van der Waals surface area contributed by atoms with E-state index in [1.165, 1.54) is 0 Å². The quantitative estimate of drug-likeness (QED) is 0.642. The van der Waals surface area contributed by atoms with Crippen LogP contribution in [-0.4, -0.2) is 35.5 Å². The Bertz CT molecular complexity index is 339. The molecule has 0 bridgehead atoms. The molecule has 1 rings (SSSR count). The van der Waals surface area contributed by atoms with Crippen LogP contribution in [0, 0.1) is 0 Å². The number of pyridine rings is 1. The van der Waals surface area contributed by atoms with E-state index in [9.17, 15) is 4.79 Å². The van der Waals surface area contributed by atoms with Crippen molar-refractivity contribution in [3.8, 4) is 0 Å². The van der Waals surface area contributed by atoms with Gasteiger partial charge in [0.25, 0.3) is 5.91 Å². The molecule has 5 nitrogen and oxygen atoms in total. The van der Waals surface area contributed by atoms with Crippen molar-refractivity contribution in [1.29, 1.82) is 0 Å². The largest absolute Gasteiger partial charge is 0.367 e. The van der Waals surface area contributed by atoms with Crippen LogP contribution in [0.1, 0.15) is 5.69 Å². The van der Waals surface area contributed by atoms with Gasteiger partial charge in [-0.25, -0.2) is 0 Å². The lowest BCUT2D eigenvalue weighted by Gasteiger charge is -2.32. The van der Waals surface area contributed by atoms with Gasteiger partial charge >= 0.3 is 0 Å². The third-order valence-electron chi connectivity index (χ3n) is 2.40. The molecule has 0 spiro atoms. The molecule has 0 aliphatic rings. The van der Waals surface area contributed by atoms with Crippen LogP contribution in [0.5, 0.6) is 0 Å². The van der Waals surface area contributed by atoms with Crippen molar-refractivity contribution in [3.63, 3.8) is 0 Å². The van der Waals surface area contributed by atoms with Crippen molar-refractivity contribution in [2.45, 2.75) is 12.1 Å². The fourth-order valence-electron chi connectivity index (χ4n) is 1.24. The Hall–Kier alpha value is -1.46. The maximum absolute atomic E-state index is 11.3. The van der Waals surface area contributed by atoms with Gasteiger partial charge in [-0.05, 0) is 26.2 Å². The van der Waals surface area contributed by atoms with Gasteiger partial charge in [-0.3, -0.25) is 14.7 Å². The normalized spacial score (nSPS) is 14.9. The summed E-state index contributed by atoms with van der Waals surface area (Å²) in [6.45, 7) is 0. The van der Waals surface area contributed by atoms with E-state index in [-0.39, 0.29) is 0 Å². The highest BCUT2D eigenvalue weighted by Gasteiger charge is 2.34. The minimum atomic E-state index is -1.19. The van der Waals surface area contributed by atoms with Gasteiger partial charge in [-0.1, -0.05) is 6.07 Å². The van der Waals surface area contributed by atoms with Crippen molar-refractivity contribution in [1.82, 2.24) is 9.88 Å². The number of aromatic nitrogens is 1. The summed E-state index contributed by atoms with van der Waals surface area (Å²) in [5.74, 6) is -0.557. The minimum absolute atomic E-state index is 0.302. The van der Waals surface area contributed by atoms with Crippen molar-refractivity contribution in [2.75, 3.05) is 14.1 Å². The molecule has 0 saturated heterocycles. The maximum Gasteiger partial charge on any atom is 0.252 e. The molecule has 0 saturated carbocycles. The first-order chi connectivity index (χ1) is 6.97. The average molecular weight is 208 g/mol. The monoisotopic (exact) mass is 208 g/mol.